The van der Waals surface area contributed by atoms with Crippen LogP contribution in [0, 0.1) is 5.82 Å². The van der Waals surface area contributed by atoms with Crippen molar-refractivity contribution < 1.29 is 9.18 Å². The van der Waals surface area contributed by atoms with Gasteiger partial charge in [-0.1, -0.05) is 48.1 Å². The molecule has 1 aromatic heterocycles. The van der Waals surface area contributed by atoms with Gasteiger partial charge >= 0.3 is 0 Å². The second-order valence-electron chi connectivity index (χ2n) is 5.73. The summed E-state index contributed by atoms with van der Waals surface area (Å²) in [5, 5.41) is 14.3. The van der Waals surface area contributed by atoms with Crippen LogP contribution in [0.25, 0.3) is 0 Å². The molecule has 0 aliphatic heterocycles. The molecule has 1 heterocycles. The van der Waals surface area contributed by atoms with Crippen molar-refractivity contribution in [3.8, 4) is 0 Å². The number of amides is 1. The van der Waals surface area contributed by atoms with Crippen LogP contribution in [0.2, 0.25) is 0 Å². The van der Waals surface area contributed by atoms with Crippen molar-refractivity contribution in [3.63, 3.8) is 0 Å². The van der Waals surface area contributed by atoms with E-state index in [-0.39, 0.29) is 17.0 Å². The third-order valence-electron chi connectivity index (χ3n) is 3.87. The van der Waals surface area contributed by atoms with Crippen LogP contribution in [0.5, 0.6) is 0 Å². The van der Waals surface area contributed by atoms with E-state index in [9.17, 15) is 9.18 Å². The van der Waals surface area contributed by atoms with Gasteiger partial charge in [-0.15, -0.1) is 10.2 Å². The minimum absolute atomic E-state index is 0.0331. The minimum atomic E-state index is -0.341. The van der Waals surface area contributed by atoms with Crippen molar-refractivity contribution in [2.75, 3.05) is 5.32 Å². The summed E-state index contributed by atoms with van der Waals surface area (Å²) >= 11 is 2.68. The van der Waals surface area contributed by atoms with Crippen LogP contribution in [0.1, 0.15) is 32.6 Å². The van der Waals surface area contributed by atoms with E-state index in [1.165, 1.54) is 42.0 Å². The highest BCUT2D eigenvalue weighted by Crippen LogP contribution is 2.31. The Morgan fingerprint density at radius 3 is 2.83 bits per heavy atom. The highest BCUT2D eigenvalue weighted by atomic mass is 32.2. The fourth-order valence-electron chi connectivity index (χ4n) is 2.58. The molecule has 5 nitrogen and oxygen atoms in total. The first-order valence-corrected chi connectivity index (χ1v) is 9.63. The van der Waals surface area contributed by atoms with Gasteiger partial charge in [-0.05, 0) is 31.9 Å². The van der Waals surface area contributed by atoms with Crippen LogP contribution < -0.4 is 10.6 Å². The van der Waals surface area contributed by atoms with Crippen molar-refractivity contribution in [2.45, 2.75) is 48.2 Å². The van der Waals surface area contributed by atoms with E-state index in [0.29, 0.717) is 21.2 Å². The lowest BCUT2D eigenvalue weighted by atomic mass is 10.2. The number of rotatable bonds is 6. The number of hydrogen-bond donors (Lipinski definition) is 2. The highest BCUT2D eigenvalue weighted by Gasteiger charge is 2.22. The second-order valence-corrected chi connectivity index (χ2v) is 8.29. The normalized spacial score (nSPS) is 16.1. The Hall–Kier alpha value is -1.67. The molecular weight excluding hydrogens is 347 g/mol. The number of para-hydroxylation sites is 1. The molecule has 24 heavy (non-hydrogen) atoms. The zero-order valence-corrected chi connectivity index (χ0v) is 14.9. The monoisotopic (exact) mass is 366 g/mol. The third-order valence-corrected chi connectivity index (χ3v) is 5.89. The van der Waals surface area contributed by atoms with Crippen LogP contribution >= 0.6 is 23.1 Å². The number of thioether (sulfide) groups is 1. The number of anilines is 2. The summed E-state index contributed by atoms with van der Waals surface area (Å²) in [7, 11) is 0. The van der Waals surface area contributed by atoms with Crippen molar-refractivity contribution >= 4 is 39.8 Å². The average Bonchev–Trinajstić information content (AvgIpc) is 3.22. The average molecular weight is 366 g/mol. The van der Waals surface area contributed by atoms with E-state index in [1.54, 1.807) is 18.2 Å². The lowest BCUT2D eigenvalue weighted by Crippen LogP contribution is -2.37. The largest absolute Gasteiger partial charge is 0.352 e. The minimum Gasteiger partial charge on any atom is -0.352 e. The molecule has 1 aliphatic carbocycles. The Labute approximate surface area is 148 Å². The summed E-state index contributed by atoms with van der Waals surface area (Å²) in [6, 6.07) is 6.72. The van der Waals surface area contributed by atoms with Crippen LogP contribution in [0.15, 0.2) is 28.6 Å². The Kier molecular flexibility index (Phi) is 5.68. The maximum Gasteiger partial charge on any atom is 0.233 e. The SMILES string of the molecule is C[C@@H](Sc1nnc(Nc2ccccc2F)s1)C(=O)NC1CCCC1. The molecule has 0 unspecified atom stereocenters. The summed E-state index contributed by atoms with van der Waals surface area (Å²) in [5.41, 5.74) is 0.359. The molecule has 0 saturated heterocycles. The summed E-state index contributed by atoms with van der Waals surface area (Å²) in [6.07, 6.45) is 4.51. The first-order valence-electron chi connectivity index (χ1n) is 7.94. The maximum atomic E-state index is 13.6. The molecule has 8 heteroatoms. The number of nitrogens with zero attached hydrogens (tertiary/aromatic N) is 2. The van der Waals surface area contributed by atoms with Crippen molar-refractivity contribution in [3.05, 3.63) is 30.1 Å². The molecule has 1 fully saturated rings. The summed E-state index contributed by atoms with van der Waals surface area (Å²) in [5.74, 6) is -0.308. The lowest BCUT2D eigenvalue weighted by molar-refractivity contribution is -0.120. The van der Waals surface area contributed by atoms with Crippen LogP contribution in [-0.2, 0) is 4.79 Å². The fourth-order valence-corrected chi connectivity index (χ4v) is 4.50. The summed E-state index contributed by atoms with van der Waals surface area (Å²) in [4.78, 5) is 12.2. The molecular formula is C16H19FN4OS2. The molecule has 128 valence electrons. The number of carbonyl (C=O) groups excluding carboxylic acids is 1. The topological polar surface area (TPSA) is 66.9 Å². The molecule has 0 radical (unpaired) electrons. The molecule has 2 N–H and O–H groups in total. The first-order chi connectivity index (χ1) is 11.6. The number of halogens is 1. The molecule has 3 rings (SSSR count). The Balaban J connectivity index is 1.55. The number of benzene rings is 1. The van der Waals surface area contributed by atoms with Gasteiger partial charge in [-0.25, -0.2) is 4.39 Å². The van der Waals surface area contributed by atoms with Crippen LogP contribution in [-0.4, -0.2) is 27.4 Å². The van der Waals surface area contributed by atoms with E-state index in [2.05, 4.69) is 20.8 Å². The van der Waals surface area contributed by atoms with E-state index in [4.69, 9.17) is 0 Å². The second kappa shape index (κ2) is 7.94. The molecule has 1 aliphatic rings. The van der Waals surface area contributed by atoms with Gasteiger partial charge in [0.15, 0.2) is 4.34 Å². The van der Waals surface area contributed by atoms with Gasteiger partial charge in [0, 0.05) is 6.04 Å². The van der Waals surface area contributed by atoms with Gasteiger partial charge in [-0.2, -0.15) is 0 Å². The Bertz CT molecular complexity index is 703. The highest BCUT2D eigenvalue weighted by molar-refractivity contribution is 8.02. The smallest absolute Gasteiger partial charge is 0.233 e. The molecule has 2 aromatic rings. The van der Waals surface area contributed by atoms with Crippen LogP contribution in [0.4, 0.5) is 15.2 Å². The molecule has 0 spiro atoms. The fraction of sp³-hybridized carbons (Fsp3) is 0.438. The number of nitrogens with one attached hydrogen (secondary N) is 2. The predicted molar refractivity (Wildman–Crippen MR) is 95.3 cm³/mol. The molecule has 1 saturated carbocycles. The van der Waals surface area contributed by atoms with Crippen molar-refractivity contribution in [1.29, 1.82) is 0 Å². The van der Waals surface area contributed by atoms with Gasteiger partial charge < -0.3 is 10.6 Å². The number of hydrogen-bond acceptors (Lipinski definition) is 6. The van der Waals surface area contributed by atoms with E-state index in [0.717, 1.165) is 12.8 Å². The predicted octanol–water partition coefficient (Wildman–Crippen LogP) is 3.96. The van der Waals surface area contributed by atoms with Gasteiger partial charge in [0.2, 0.25) is 11.0 Å². The van der Waals surface area contributed by atoms with Crippen molar-refractivity contribution in [2.24, 2.45) is 0 Å². The van der Waals surface area contributed by atoms with Crippen LogP contribution in [0.3, 0.4) is 0 Å². The van der Waals surface area contributed by atoms with Gasteiger partial charge in [0.05, 0.1) is 10.9 Å². The molecule has 1 atom stereocenters. The first kappa shape index (κ1) is 17.2. The van der Waals surface area contributed by atoms with Gasteiger partial charge in [0.1, 0.15) is 5.82 Å². The van der Waals surface area contributed by atoms with E-state index in [1.807, 2.05) is 6.92 Å². The zero-order chi connectivity index (χ0) is 16.9. The summed E-state index contributed by atoms with van der Waals surface area (Å²) in [6.45, 7) is 1.86. The Morgan fingerprint density at radius 2 is 2.08 bits per heavy atom. The molecule has 0 bridgehead atoms. The summed E-state index contributed by atoms with van der Waals surface area (Å²) < 4.78 is 14.3. The maximum absolute atomic E-state index is 13.6. The van der Waals surface area contributed by atoms with E-state index >= 15 is 0 Å². The molecule has 1 amide bonds. The molecule has 1 aromatic carbocycles. The van der Waals surface area contributed by atoms with Gasteiger partial charge in [0.25, 0.3) is 0 Å². The third kappa shape index (κ3) is 4.45. The lowest BCUT2D eigenvalue weighted by Gasteiger charge is -2.15. The quantitative estimate of drug-likeness (QED) is 0.758. The zero-order valence-electron chi connectivity index (χ0n) is 13.3. The number of carbonyl (C=O) groups is 1. The standard InChI is InChI=1S/C16H19FN4OS2/c1-10(14(22)18-11-6-2-3-7-11)23-16-21-20-15(24-16)19-13-9-5-4-8-12(13)17/h4-5,8-11H,2-3,6-7H2,1H3,(H,18,22)(H,19,20)/t10-/m1/s1. The van der Waals surface area contributed by atoms with Crippen molar-refractivity contribution in [1.82, 2.24) is 15.5 Å². The Morgan fingerprint density at radius 1 is 1.33 bits per heavy atom. The number of aromatic nitrogens is 2. The van der Waals surface area contributed by atoms with Gasteiger partial charge in [-0.3, -0.25) is 4.79 Å². The van der Waals surface area contributed by atoms with E-state index < -0.39 is 0 Å².